The lowest BCUT2D eigenvalue weighted by molar-refractivity contribution is 0.0659. The van der Waals surface area contributed by atoms with Crippen molar-refractivity contribution in [3.63, 3.8) is 0 Å². The van der Waals surface area contributed by atoms with Crippen LogP contribution in [0.5, 0.6) is 0 Å². The smallest absolute Gasteiger partial charge is 0.246 e. The van der Waals surface area contributed by atoms with E-state index in [1.54, 1.807) is 0 Å². The molecule has 1 atom stereocenters. The van der Waals surface area contributed by atoms with Crippen molar-refractivity contribution in [2.24, 2.45) is 0 Å². The molecule has 0 bridgehead atoms. The van der Waals surface area contributed by atoms with E-state index >= 15 is 0 Å². The summed E-state index contributed by atoms with van der Waals surface area (Å²) in [6.07, 6.45) is 7.68. The lowest BCUT2D eigenvalue weighted by Gasteiger charge is -2.20. The molecule has 1 aliphatic heterocycles. The summed E-state index contributed by atoms with van der Waals surface area (Å²) in [5, 5.41) is 7.52. The maximum atomic E-state index is 5.42. The van der Waals surface area contributed by atoms with Crippen LogP contribution >= 0.6 is 0 Å². The van der Waals surface area contributed by atoms with Gasteiger partial charge in [0.25, 0.3) is 0 Å². The Morgan fingerprint density at radius 2 is 1.94 bits per heavy atom. The van der Waals surface area contributed by atoms with Crippen molar-refractivity contribution < 1.29 is 9.26 Å². The number of nitrogens with one attached hydrogen (secondary N) is 1. The highest BCUT2D eigenvalue weighted by Crippen LogP contribution is 2.30. The molecule has 1 saturated heterocycles. The zero-order chi connectivity index (χ0) is 12.2. The van der Waals surface area contributed by atoms with E-state index < -0.39 is 0 Å². The summed E-state index contributed by atoms with van der Waals surface area (Å²) >= 11 is 0. The minimum absolute atomic E-state index is 0.0748. The predicted molar refractivity (Wildman–Crippen MR) is 66.3 cm³/mol. The van der Waals surface area contributed by atoms with Crippen LogP contribution in [0.15, 0.2) is 4.52 Å². The summed E-state index contributed by atoms with van der Waals surface area (Å²) in [4.78, 5) is 4.58. The van der Waals surface area contributed by atoms with E-state index in [-0.39, 0.29) is 6.04 Å². The van der Waals surface area contributed by atoms with Gasteiger partial charge in [-0.05, 0) is 12.8 Å². The molecule has 5 heteroatoms. The Bertz CT molecular complexity index is 366. The van der Waals surface area contributed by atoms with Crippen LogP contribution in [-0.4, -0.2) is 29.9 Å². The summed E-state index contributed by atoms with van der Waals surface area (Å²) in [5.41, 5.74) is 0. The lowest BCUT2D eigenvalue weighted by Crippen LogP contribution is -2.34. The van der Waals surface area contributed by atoms with E-state index in [0.29, 0.717) is 18.4 Å². The largest absolute Gasteiger partial charge is 0.378 e. The van der Waals surface area contributed by atoms with Crippen LogP contribution in [0.1, 0.15) is 62.2 Å². The molecule has 2 aliphatic rings. The van der Waals surface area contributed by atoms with Crippen LogP contribution in [0.4, 0.5) is 0 Å². The second-order valence-electron chi connectivity index (χ2n) is 5.26. The maximum Gasteiger partial charge on any atom is 0.246 e. The molecule has 0 spiro atoms. The molecule has 3 rings (SSSR count). The number of hydrogen-bond acceptors (Lipinski definition) is 5. The Hall–Kier alpha value is -0.940. The van der Waals surface area contributed by atoms with Crippen LogP contribution in [0.3, 0.4) is 0 Å². The average molecular weight is 251 g/mol. The SMILES string of the molecule is C1CCCC(c2noc(C3COCCN3)n2)CC1. The van der Waals surface area contributed by atoms with Gasteiger partial charge in [-0.15, -0.1) is 0 Å². The number of hydrogen-bond donors (Lipinski definition) is 1. The monoisotopic (exact) mass is 251 g/mol. The van der Waals surface area contributed by atoms with Gasteiger partial charge in [-0.1, -0.05) is 30.8 Å². The van der Waals surface area contributed by atoms with Crippen molar-refractivity contribution >= 4 is 0 Å². The van der Waals surface area contributed by atoms with Crippen LogP contribution in [-0.2, 0) is 4.74 Å². The Kier molecular flexibility index (Phi) is 3.90. The molecule has 0 amide bonds. The zero-order valence-electron chi connectivity index (χ0n) is 10.7. The van der Waals surface area contributed by atoms with Gasteiger partial charge in [0.15, 0.2) is 5.82 Å². The molecule has 5 nitrogen and oxygen atoms in total. The molecular weight excluding hydrogens is 230 g/mol. The second-order valence-corrected chi connectivity index (χ2v) is 5.26. The molecule has 0 aromatic carbocycles. The van der Waals surface area contributed by atoms with E-state index in [2.05, 4.69) is 15.5 Å². The van der Waals surface area contributed by atoms with Gasteiger partial charge >= 0.3 is 0 Å². The third kappa shape index (κ3) is 2.72. The van der Waals surface area contributed by atoms with E-state index in [1.165, 1.54) is 38.5 Å². The number of rotatable bonds is 2. The highest BCUT2D eigenvalue weighted by Gasteiger charge is 2.25. The van der Waals surface area contributed by atoms with Crippen LogP contribution < -0.4 is 5.32 Å². The molecule has 18 heavy (non-hydrogen) atoms. The molecule has 100 valence electrons. The first-order valence-electron chi connectivity index (χ1n) is 7.08. The minimum Gasteiger partial charge on any atom is -0.378 e. The highest BCUT2D eigenvalue weighted by atomic mass is 16.5. The zero-order valence-corrected chi connectivity index (χ0v) is 10.7. The van der Waals surface area contributed by atoms with Gasteiger partial charge in [0.1, 0.15) is 6.04 Å². The molecule has 1 aromatic heterocycles. The number of morpholine rings is 1. The summed E-state index contributed by atoms with van der Waals surface area (Å²) in [5.74, 6) is 2.09. The molecule has 1 N–H and O–H groups in total. The molecule has 0 radical (unpaired) electrons. The van der Waals surface area contributed by atoms with Crippen LogP contribution in [0.2, 0.25) is 0 Å². The second kappa shape index (κ2) is 5.80. The van der Waals surface area contributed by atoms with Gasteiger partial charge in [0, 0.05) is 12.5 Å². The van der Waals surface area contributed by atoms with E-state index in [1.807, 2.05) is 0 Å². The first-order valence-corrected chi connectivity index (χ1v) is 7.08. The molecule has 2 fully saturated rings. The van der Waals surface area contributed by atoms with Crippen molar-refractivity contribution in [1.29, 1.82) is 0 Å². The quantitative estimate of drug-likeness (QED) is 0.816. The summed E-state index contributed by atoms with van der Waals surface area (Å²) in [6.45, 7) is 2.25. The molecule has 1 aromatic rings. The van der Waals surface area contributed by atoms with Gasteiger partial charge in [0.05, 0.1) is 13.2 Å². The summed E-state index contributed by atoms with van der Waals surface area (Å²) in [7, 11) is 0. The standard InChI is InChI=1S/C13H21N3O2/c1-2-4-6-10(5-3-1)12-15-13(18-16-12)11-9-17-8-7-14-11/h10-11,14H,1-9H2. The molecule has 1 aliphatic carbocycles. The van der Waals surface area contributed by atoms with Crippen molar-refractivity contribution in [1.82, 2.24) is 15.5 Å². The van der Waals surface area contributed by atoms with Crippen LogP contribution in [0.25, 0.3) is 0 Å². The molecule has 1 saturated carbocycles. The Balaban J connectivity index is 1.67. The average Bonchev–Trinajstić information content (AvgIpc) is 2.76. The van der Waals surface area contributed by atoms with Crippen molar-refractivity contribution in [2.75, 3.05) is 19.8 Å². The highest BCUT2D eigenvalue weighted by molar-refractivity contribution is 4.99. The fourth-order valence-corrected chi connectivity index (χ4v) is 2.82. The van der Waals surface area contributed by atoms with E-state index in [4.69, 9.17) is 9.26 Å². The first kappa shape index (κ1) is 12.1. The predicted octanol–water partition coefficient (Wildman–Crippen LogP) is 2.17. The normalized spacial score (nSPS) is 27.0. The topological polar surface area (TPSA) is 60.2 Å². The van der Waals surface area contributed by atoms with Crippen LogP contribution in [0, 0.1) is 0 Å². The molecule has 1 unspecified atom stereocenters. The Labute approximate surface area is 107 Å². The van der Waals surface area contributed by atoms with Gasteiger partial charge < -0.3 is 14.6 Å². The third-order valence-electron chi connectivity index (χ3n) is 3.90. The van der Waals surface area contributed by atoms with E-state index in [9.17, 15) is 0 Å². The van der Waals surface area contributed by atoms with Crippen molar-refractivity contribution in [3.05, 3.63) is 11.7 Å². The fourth-order valence-electron chi connectivity index (χ4n) is 2.82. The van der Waals surface area contributed by atoms with Gasteiger partial charge in [0.2, 0.25) is 5.89 Å². The number of aromatic nitrogens is 2. The third-order valence-corrected chi connectivity index (χ3v) is 3.90. The molecule has 2 heterocycles. The summed E-state index contributed by atoms with van der Waals surface area (Å²) in [6, 6.07) is 0.0748. The number of nitrogens with zero attached hydrogens (tertiary/aromatic N) is 2. The molecular formula is C13H21N3O2. The fraction of sp³-hybridized carbons (Fsp3) is 0.846. The Morgan fingerprint density at radius 1 is 1.11 bits per heavy atom. The van der Waals surface area contributed by atoms with Crippen molar-refractivity contribution in [3.8, 4) is 0 Å². The minimum atomic E-state index is 0.0748. The van der Waals surface area contributed by atoms with E-state index in [0.717, 1.165) is 19.0 Å². The van der Waals surface area contributed by atoms with Gasteiger partial charge in [-0.25, -0.2) is 0 Å². The number of ether oxygens (including phenoxy) is 1. The lowest BCUT2D eigenvalue weighted by atomic mass is 10.00. The van der Waals surface area contributed by atoms with Gasteiger partial charge in [-0.2, -0.15) is 4.98 Å². The maximum absolute atomic E-state index is 5.42. The van der Waals surface area contributed by atoms with Gasteiger partial charge in [-0.3, -0.25) is 0 Å². The van der Waals surface area contributed by atoms with Crippen molar-refractivity contribution in [2.45, 2.75) is 50.5 Å². The summed E-state index contributed by atoms with van der Waals surface area (Å²) < 4.78 is 10.8. The Morgan fingerprint density at radius 3 is 2.67 bits per heavy atom. The first-order chi connectivity index (χ1) is 8.93.